The molecule has 108 valence electrons. The molecule has 1 unspecified atom stereocenters. The van der Waals surface area contributed by atoms with Crippen LogP contribution in [0.2, 0.25) is 0 Å². The van der Waals surface area contributed by atoms with Gasteiger partial charge in [-0.3, -0.25) is 0 Å². The van der Waals surface area contributed by atoms with Gasteiger partial charge in [0.05, 0.1) is 18.4 Å². The van der Waals surface area contributed by atoms with Gasteiger partial charge in [-0.05, 0) is 21.9 Å². The third kappa shape index (κ3) is 2.90. The highest BCUT2D eigenvalue weighted by Gasteiger charge is 2.13. The Labute approximate surface area is 125 Å². The van der Waals surface area contributed by atoms with Gasteiger partial charge in [0.25, 0.3) is 0 Å². The normalized spacial score (nSPS) is 12.7. The van der Waals surface area contributed by atoms with Crippen LogP contribution in [0.15, 0.2) is 47.6 Å². The smallest absolute Gasteiger partial charge is 0.214 e. The van der Waals surface area contributed by atoms with Gasteiger partial charge in [0, 0.05) is 11.1 Å². The van der Waals surface area contributed by atoms with Gasteiger partial charge in [0.2, 0.25) is 5.16 Å². The van der Waals surface area contributed by atoms with E-state index in [1.807, 2.05) is 42.5 Å². The van der Waals surface area contributed by atoms with Crippen molar-refractivity contribution in [3.8, 4) is 5.69 Å². The van der Waals surface area contributed by atoms with Crippen LogP contribution in [0.4, 0.5) is 0 Å². The van der Waals surface area contributed by atoms with Gasteiger partial charge in [-0.2, -0.15) is 4.68 Å². The highest BCUT2D eigenvalue weighted by molar-refractivity contribution is 7.99. The number of thioether (sulfide) groups is 1. The molecule has 1 heterocycles. The predicted molar refractivity (Wildman–Crippen MR) is 80.5 cm³/mol. The van der Waals surface area contributed by atoms with Crippen LogP contribution in [0.25, 0.3) is 16.5 Å². The first-order chi connectivity index (χ1) is 10.3. The van der Waals surface area contributed by atoms with E-state index in [0.29, 0.717) is 10.9 Å². The molecule has 0 saturated carbocycles. The number of tetrazole rings is 1. The van der Waals surface area contributed by atoms with Crippen LogP contribution >= 0.6 is 11.8 Å². The van der Waals surface area contributed by atoms with Crippen LogP contribution in [0.3, 0.4) is 0 Å². The van der Waals surface area contributed by atoms with Crippen molar-refractivity contribution in [2.24, 2.45) is 0 Å². The molecule has 7 heteroatoms. The zero-order chi connectivity index (χ0) is 14.7. The van der Waals surface area contributed by atoms with Crippen molar-refractivity contribution in [2.45, 2.75) is 11.3 Å². The van der Waals surface area contributed by atoms with E-state index >= 15 is 0 Å². The molecule has 2 N–H and O–H groups in total. The Bertz CT molecular complexity index is 741. The summed E-state index contributed by atoms with van der Waals surface area (Å²) in [5, 5.41) is 32.8. The Balaban J connectivity index is 1.98. The lowest BCUT2D eigenvalue weighted by Crippen LogP contribution is -2.15. The van der Waals surface area contributed by atoms with E-state index in [0.717, 1.165) is 16.5 Å². The second-order valence-electron chi connectivity index (χ2n) is 4.52. The molecule has 1 atom stereocenters. The van der Waals surface area contributed by atoms with Crippen molar-refractivity contribution >= 4 is 22.5 Å². The molecule has 2 aromatic carbocycles. The van der Waals surface area contributed by atoms with E-state index in [9.17, 15) is 5.11 Å². The number of benzene rings is 2. The molecular weight excluding hydrogens is 288 g/mol. The van der Waals surface area contributed by atoms with Crippen LogP contribution in [0.1, 0.15) is 0 Å². The maximum absolute atomic E-state index is 9.44. The number of hydrogen-bond acceptors (Lipinski definition) is 6. The van der Waals surface area contributed by atoms with Gasteiger partial charge >= 0.3 is 0 Å². The first kappa shape index (κ1) is 14.0. The van der Waals surface area contributed by atoms with Gasteiger partial charge in [-0.25, -0.2) is 0 Å². The molecule has 0 amide bonds. The van der Waals surface area contributed by atoms with Gasteiger partial charge < -0.3 is 10.2 Å². The van der Waals surface area contributed by atoms with Crippen molar-refractivity contribution in [2.75, 3.05) is 12.4 Å². The van der Waals surface area contributed by atoms with Crippen molar-refractivity contribution in [3.05, 3.63) is 42.5 Å². The van der Waals surface area contributed by atoms with E-state index in [-0.39, 0.29) is 6.61 Å². The zero-order valence-electron chi connectivity index (χ0n) is 11.1. The van der Waals surface area contributed by atoms with Crippen molar-refractivity contribution < 1.29 is 10.2 Å². The number of rotatable bonds is 5. The summed E-state index contributed by atoms with van der Waals surface area (Å²) in [6, 6.07) is 13.9. The van der Waals surface area contributed by atoms with E-state index in [1.165, 1.54) is 11.8 Å². The molecule has 3 rings (SSSR count). The summed E-state index contributed by atoms with van der Waals surface area (Å²) in [7, 11) is 0. The van der Waals surface area contributed by atoms with Gasteiger partial charge in [-0.15, -0.1) is 5.10 Å². The number of aromatic nitrogens is 4. The van der Waals surface area contributed by atoms with Crippen molar-refractivity contribution in [1.82, 2.24) is 20.2 Å². The molecule has 0 aliphatic carbocycles. The van der Waals surface area contributed by atoms with Crippen LogP contribution in [0.5, 0.6) is 0 Å². The third-order valence-corrected chi connectivity index (χ3v) is 4.12. The summed E-state index contributed by atoms with van der Waals surface area (Å²) in [6.07, 6.45) is -0.785. The molecule has 0 spiro atoms. The number of aliphatic hydroxyl groups is 2. The minimum absolute atomic E-state index is 0.275. The summed E-state index contributed by atoms with van der Waals surface area (Å²) in [5.41, 5.74) is 0.888. The van der Waals surface area contributed by atoms with Crippen molar-refractivity contribution in [3.63, 3.8) is 0 Å². The maximum atomic E-state index is 9.44. The average Bonchev–Trinajstić information content (AvgIpc) is 3.00. The lowest BCUT2D eigenvalue weighted by atomic mass is 10.1. The standard InChI is InChI=1S/C14H14N4O2S/c19-8-11(20)9-21-14-15-16-17-18(14)13-7-3-5-10-4-1-2-6-12(10)13/h1-7,11,19-20H,8-9H2. The molecule has 0 aliphatic rings. The molecule has 3 aromatic rings. The quantitative estimate of drug-likeness (QED) is 0.690. The monoisotopic (exact) mass is 302 g/mol. The number of fused-ring (bicyclic) bond motifs is 1. The lowest BCUT2D eigenvalue weighted by molar-refractivity contribution is 0.113. The second-order valence-corrected chi connectivity index (χ2v) is 5.51. The molecular formula is C14H14N4O2S. The SMILES string of the molecule is OCC(O)CSc1nnnn1-c1cccc2ccccc12. The number of aliphatic hydroxyl groups excluding tert-OH is 2. The maximum Gasteiger partial charge on any atom is 0.214 e. The van der Waals surface area contributed by atoms with Gasteiger partial charge in [0.15, 0.2) is 0 Å². The van der Waals surface area contributed by atoms with Crippen LogP contribution in [0, 0.1) is 0 Å². The van der Waals surface area contributed by atoms with Crippen LogP contribution in [-0.2, 0) is 0 Å². The highest BCUT2D eigenvalue weighted by atomic mass is 32.2. The number of hydrogen-bond donors (Lipinski definition) is 2. The van der Waals surface area contributed by atoms with E-state index in [2.05, 4.69) is 15.5 Å². The molecule has 6 nitrogen and oxygen atoms in total. The molecule has 0 fully saturated rings. The fraction of sp³-hybridized carbons (Fsp3) is 0.214. The largest absolute Gasteiger partial charge is 0.394 e. The van der Waals surface area contributed by atoms with E-state index in [4.69, 9.17) is 5.11 Å². The van der Waals surface area contributed by atoms with E-state index in [1.54, 1.807) is 4.68 Å². The third-order valence-electron chi connectivity index (χ3n) is 3.05. The Kier molecular flexibility index (Phi) is 4.14. The summed E-state index contributed by atoms with van der Waals surface area (Å²) in [6.45, 7) is -0.275. The Hall–Kier alpha value is -1.96. The average molecular weight is 302 g/mol. The molecule has 0 radical (unpaired) electrons. The Morgan fingerprint density at radius 2 is 1.95 bits per heavy atom. The van der Waals surface area contributed by atoms with Gasteiger partial charge in [0.1, 0.15) is 0 Å². The zero-order valence-corrected chi connectivity index (χ0v) is 11.9. The summed E-state index contributed by atoms with van der Waals surface area (Å²) in [4.78, 5) is 0. The highest BCUT2D eigenvalue weighted by Crippen LogP contribution is 2.25. The predicted octanol–water partition coefficient (Wildman–Crippen LogP) is 1.26. The summed E-state index contributed by atoms with van der Waals surface area (Å²) >= 11 is 1.31. The van der Waals surface area contributed by atoms with Crippen LogP contribution < -0.4 is 0 Å². The van der Waals surface area contributed by atoms with E-state index < -0.39 is 6.10 Å². The molecule has 0 bridgehead atoms. The first-order valence-electron chi connectivity index (χ1n) is 6.48. The minimum Gasteiger partial charge on any atom is -0.394 e. The topological polar surface area (TPSA) is 84.1 Å². The molecule has 21 heavy (non-hydrogen) atoms. The summed E-state index contributed by atoms with van der Waals surface area (Å²) in [5.74, 6) is 0.335. The molecule has 0 saturated heterocycles. The number of nitrogens with zero attached hydrogens (tertiary/aromatic N) is 4. The minimum atomic E-state index is -0.785. The Morgan fingerprint density at radius 1 is 1.14 bits per heavy atom. The first-order valence-corrected chi connectivity index (χ1v) is 7.46. The summed E-state index contributed by atoms with van der Waals surface area (Å²) < 4.78 is 1.65. The molecule has 1 aromatic heterocycles. The molecule has 0 aliphatic heterocycles. The fourth-order valence-corrected chi connectivity index (χ4v) is 2.83. The lowest BCUT2D eigenvalue weighted by Gasteiger charge is -2.09. The van der Waals surface area contributed by atoms with Crippen LogP contribution in [-0.4, -0.2) is 48.9 Å². The Morgan fingerprint density at radius 3 is 2.81 bits per heavy atom. The fourth-order valence-electron chi connectivity index (χ4n) is 2.04. The van der Waals surface area contributed by atoms with Gasteiger partial charge in [-0.1, -0.05) is 48.2 Å². The second kappa shape index (κ2) is 6.21. The van der Waals surface area contributed by atoms with Crippen molar-refractivity contribution in [1.29, 1.82) is 0 Å².